The molecule has 0 radical (unpaired) electrons. The molecule has 1 aliphatic heterocycles. The summed E-state index contributed by atoms with van der Waals surface area (Å²) in [5, 5.41) is 2.88. The van der Waals surface area contributed by atoms with E-state index in [4.69, 9.17) is 10.5 Å². The van der Waals surface area contributed by atoms with Crippen molar-refractivity contribution in [3.8, 4) is 5.88 Å². The number of anilines is 2. The molecule has 1 fully saturated rings. The van der Waals surface area contributed by atoms with Crippen molar-refractivity contribution >= 4 is 11.4 Å². The van der Waals surface area contributed by atoms with Gasteiger partial charge < -0.3 is 15.8 Å². The Labute approximate surface area is 146 Å². The van der Waals surface area contributed by atoms with Crippen LogP contribution in [-0.2, 0) is 6.54 Å². The van der Waals surface area contributed by atoms with Gasteiger partial charge in [-0.2, -0.15) is 0 Å². The highest BCUT2D eigenvalue weighted by molar-refractivity contribution is 5.71. The number of aromatic nitrogens is 1. The molecule has 2 aromatic rings. The molecule has 1 aromatic heterocycles. The lowest BCUT2D eigenvalue weighted by Crippen LogP contribution is -2.37. The predicted octanol–water partition coefficient (Wildman–Crippen LogP) is 1.13. The van der Waals surface area contributed by atoms with E-state index >= 15 is 0 Å². The number of piperidine rings is 1. The lowest BCUT2D eigenvalue weighted by molar-refractivity contribution is 0.220. The molecular weight excluding hydrogens is 320 g/mol. The Balaban J connectivity index is 1.40. The van der Waals surface area contributed by atoms with Crippen LogP contribution in [0, 0.1) is 0 Å². The molecule has 7 nitrogen and oxygen atoms in total. The maximum Gasteiger partial charge on any atom is 0.253 e. The largest absolute Gasteiger partial charge is 0.478 e. The van der Waals surface area contributed by atoms with E-state index in [0.717, 1.165) is 19.6 Å². The van der Waals surface area contributed by atoms with Crippen LogP contribution in [0.1, 0.15) is 31.2 Å². The van der Waals surface area contributed by atoms with E-state index in [1.165, 1.54) is 24.8 Å². The third-order valence-corrected chi connectivity index (χ3v) is 4.47. The summed E-state index contributed by atoms with van der Waals surface area (Å²) in [7, 11) is 0. The molecule has 25 heavy (non-hydrogen) atoms. The number of nitrogen functional groups attached to an aromatic ring is 1. The summed E-state index contributed by atoms with van der Waals surface area (Å²) in [5.41, 5.74) is 5.78. The van der Waals surface area contributed by atoms with Gasteiger partial charge in [-0.3, -0.25) is 14.5 Å². The van der Waals surface area contributed by atoms with Crippen LogP contribution < -0.4 is 26.6 Å². The Kier molecular flexibility index (Phi) is 5.65. The van der Waals surface area contributed by atoms with Crippen LogP contribution >= 0.6 is 0 Å². The molecule has 0 unspecified atom stereocenters. The number of nitrogens with one attached hydrogen (secondary N) is 1. The zero-order valence-corrected chi connectivity index (χ0v) is 14.3. The third-order valence-electron chi connectivity index (χ3n) is 4.47. The minimum Gasteiger partial charge on any atom is -0.478 e. The highest BCUT2D eigenvalue weighted by Gasteiger charge is 2.16. The van der Waals surface area contributed by atoms with E-state index in [1.807, 2.05) is 12.1 Å². The fourth-order valence-corrected chi connectivity index (χ4v) is 3.05. The number of hydrogen-bond acceptors (Lipinski definition) is 7. The number of hydrogen-bond donors (Lipinski definition) is 2. The standard InChI is InChI=1S/C18H24N4O3/c19-15-16(18(24)17(15)23)21-6-4-10-25-14-11-13(5-7-20-14)12-22-8-2-1-3-9-22/h5,7,11,21H,1-4,6,8-10,12,19H2. The van der Waals surface area contributed by atoms with Crippen LogP contribution in [0.3, 0.4) is 0 Å². The Bertz CT molecular complexity index is 777. The Hall–Kier alpha value is -2.41. The molecule has 0 bridgehead atoms. The maximum atomic E-state index is 11.3. The molecule has 1 saturated heterocycles. The number of nitrogens with zero attached hydrogens (tertiary/aromatic N) is 2. The van der Waals surface area contributed by atoms with Gasteiger partial charge in [-0.1, -0.05) is 6.42 Å². The summed E-state index contributed by atoms with van der Waals surface area (Å²) < 4.78 is 5.68. The van der Waals surface area contributed by atoms with Gasteiger partial charge >= 0.3 is 0 Å². The first-order valence-electron chi connectivity index (χ1n) is 8.78. The van der Waals surface area contributed by atoms with Crippen LogP contribution in [0.15, 0.2) is 27.9 Å². The van der Waals surface area contributed by atoms with Crippen LogP contribution in [0.4, 0.5) is 11.4 Å². The van der Waals surface area contributed by atoms with Crippen molar-refractivity contribution in [3.05, 3.63) is 44.3 Å². The molecule has 1 aliphatic rings. The van der Waals surface area contributed by atoms with Crippen LogP contribution in [0.5, 0.6) is 5.88 Å². The zero-order valence-electron chi connectivity index (χ0n) is 14.3. The first-order valence-corrected chi connectivity index (χ1v) is 8.78. The average Bonchev–Trinajstić information content (AvgIpc) is 2.65. The number of pyridine rings is 1. The van der Waals surface area contributed by atoms with Crippen molar-refractivity contribution in [3.63, 3.8) is 0 Å². The summed E-state index contributed by atoms with van der Waals surface area (Å²) in [6.07, 6.45) is 6.33. The zero-order chi connectivity index (χ0) is 17.6. The summed E-state index contributed by atoms with van der Waals surface area (Å²) in [6.45, 7) is 4.24. The van der Waals surface area contributed by atoms with Crippen LogP contribution in [0.25, 0.3) is 0 Å². The molecule has 1 aromatic carbocycles. The van der Waals surface area contributed by atoms with Gasteiger partial charge in [0.1, 0.15) is 11.4 Å². The second-order valence-electron chi connectivity index (χ2n) is 6.41. The van der Waals surface area contributed by atoms with Gasteiger partial charge in [-0.05, 0) is 44.0 Å². The normalized spacial score (nSPS) is 15.4. The monoisotopic (exact) mass is 344 g/mol. The van der Waals surface area contributed by atoms with Crippen molar-refractivity contribution < 1.29 is 4.74 Å². The van der Waals surface area contributed by atoms with E-state index < -0.39 is 10.9 Å². The highest BCUT2D eigenvalue weighted by atomic mass is 16.5. The van der Waals surface area contributed by atoms with E-state index in [2.05, 4.69) is 15.2 Å². The first-order chi connectivity index (χ1) is 12.1. The Morgan fingerprint density at radius 2 is 2.00 bits per heavy atom. The molecule has 0 spiro atoms. The molecule has 134 valence electrons. The lowest BCUT2D eigenvalue weighted by Gasteiger charge is -2.26. The van der Waals surface area contributed by atoms with Gasteiger partial charge in [0.25, 0.3) is 10.9 Å². The van der Waals surface area contributed by atoms with Gasteiger partial charge in [-0.15, -0.1) is 0 Å². The smallest absolute Gasteiger partial charge is 0.253 e. The number of ether oxygens (including phenoxy) is 1. The van der Waals surface area contributed by atoms with Crippen molar-refractivity contribution in [2.75, 3.05) is 37.3 Å². The van der Waals surface area contributed by atoms with Crippen molar-refractivity contribution in [2.45, 2.75) is 32.2 Å². The average molecular weight is 344 g/mol. The molecule has 3 N–H and O–H groups in total. The first kappa shape index (κ1) is 17.4. The second kappa shape index (κ2) is 8.11. The molecule has 2 heterocycles. The lowest BCUT2D eigenvalue weighted by atomic mass is 10.1. The molecule has 3 rings (SSSR count). The fourth-order valence-electron chi connectivity index (χ4n) is 3.05. The molecule has 7 heteroatoms. The summed E-state index contributed by atoms with van der Waals surface area (Å²) in [4.78, 5) is 29.0. The minimum atomic E-state index is -0.603. The molecule has 0 amide bonds. The predicted molar refractivity (Wildman–Crippen MR) is 97.7 cm³/mol. The summed E-state index contributed by atoms with van der Waals surface area (Å²) >= 11 is 0. The number of nitrogens with two attached hydrogens (primary N) is 1. The van der Waals surface area contributed by atoms with Crippen LogP contribution in [-0.4, -0.2) is 36.1 Å². The SMILES string of the molecule is Nc1c(NCCCOc2cc(CN3CCCCC3)ccn2)c(=O)c1=O. The summed E-state index contributed by atoms with van der Waals surface area (Å²) in [6, 6.07) is 4.01. The molecule has 0 atom stereocenters. The van der Waals surface area contributed by atoms with E-state index in [9.17, 15) is 9.59 Å². The quantitative estimate of drug-likeness (QED) is 0.547. The van der Waals surface area contributed by atoms with Gasteiger partial charge in [-0.25, -0.2) is 4.98 Å². The Morgan fingerprint density at radius 3 is 2.76 bits per heavy atom. The minimum absolute atomic E-state index is 0.0259. The maximum absolute atomic E-state index is 11.3. The number of rotatable bonds is 8. The highest BCUT2D eigenvalue weighted by Crippen LogP contribution is 2.16. The van der Waals surface area contributed by atoms with Gasteiger partial charge in [0, 0.05) is 25.4 Å². The second-order valence-corrected chi connectivity index (χ2v) is 6.41. The van der Waals surface area contributed by atoms with E-state index in [1.54, 1.807) is 6.20 Å². The van der Waals surface area contributed by atoms with Gasteiger partial charge in [0.15, 0.2) is 0 Å². The van der Waals surface area contributed by atoms with Crippen molar-refractivity contribution in [2.24, 2.45) is 0 Å². The summed E-state index contributed by atoms with van der Waals surface area (Å²) in [5.74, 6) is 0.614. The van der Waals surface area contributed by atoms with Gasteiger partial charge in [0.2, 0.25) is 5.88 Å². The van der Waals surface area contributed by atoms with E-state index in [-0.39, 0.29) is 11.4 Å². The molecule has 0 aliphatic carbocycles. The van der Waals surface area contributed by atoms with E-state index in [0.29, 0.717) is 25.5 Å². The molecule has 0 saturated carbocycles. The molecular formula is C18H24N4O3. The number of likely N-dealkylation sites (tertiary alicyclic amines) is 1. The van der Waals surface area contributed by atoms with Crippen LogP contribution in [0.2, 0.25) is 0 Å². The van der Waals surface area contributed by atoms with Gasteiger partial charge in [0.05, 0.1) is 6.61 Å². The fraction of sp³-hybridized carbons (Fsp3) is 0.500. The topological polar surface area (TPSA) is 97.6 Å². The third kappa shape index (κ3) is 4.36. The Morgan fingerprint density at radius 1 is 1.20 bits per heavy atom. The van der Waals surface area contributed by atoms with Crippen molar-refractivity contribution in [1.82, 2.24) is 9.88 Å². The van der Waals surface area contributed by atoms with Crippen molar-refractivity contribution in [1.29, 1.82) is 0 Å².